The third-order valence-corrected chi connectivity index (χ3v) is 4.70. The highest BCUT2D eigenvalue weighted by atomic mass is 127. The average molecular weight is 355 g/mol. The van der Waals surface area contributed by atoms with E-state index >= 15 is 0 Å². The molecule has 88 valence electrons. The molecule has 1 rings (SSSR count). The van der Waals surface area contributed by atoms with Crippen molar-refractivity contribution in [1.29, 1.82) is 0 Å². The molecule has 0 aliphatic heterocycles. The third-order valence-electron chi connectivity index (χ3n) is 1.95. The Morgan fingerprint density at radius 3 is 2.38 bits per heavy atom. The van der Waals surface area contributed by atoms with Crippen molar-refractivity contribution in [2.75, 3.05) is 14.1 Å². The van der Waals surface area contributed by atoms with Crippen LogP contribution in [0.3, 0.4) is 0 Å². The molecular formula is C9H10INO4S. The van der Waals surface area contributed by atoms with Gasteiger partial charge in [-0.1, -0.05) is 0 Å². The van der Waals surface area contributed by atoms with Gasteiger partial charge in [0.2, 0.25) is 10.0 Å². The zero-order valence-electron chi connectivity index (χ0n) is 8.64. The van der Waals surface area contributed by atoms with Crippen LogP contribution in [0.25, 0.3) is 0 Å². The Morgan fingerprint density at radius 2 is 1.94 bits per heavy atom. The van der Waals surface area contributed by atoms with Gasteiger partial charge in [-0.25, -0.2) is 17.5 Å². The van der Waals surface area contributed by atoms with Gasteiger partial charge in [0.25, 0.3) is 0 Å². The van der Waals surface area contributed by atoms with Gasteiger partial charge >= 0.3 is 5.97 Å². The van der Waals surface area contributed by atoms with E-state index < -0.39 is 16.0 Å². The molecule has 7 heteroatoms. The molecule has 0 aliphatic carbocycles. The summed E-state index contributed by atoms with van der Waals surface area (Å²) in [6.07, 6.45) is 0. The van der Waals surface area contributed by atoms with Gasteiger partial charge in [0, 0.05) is 17.7 Å². The fraction of sp³-hybridized carbons (Fsp3) is 0.222. The summed E-state index contributed by atoms with van der Waals surface area (Å²) in [7, 11) is -0.790. The van der Waals surface area contributed by atoms with Crippen molar-refractivity contribution < 1.29 is 18.3 Å². The Labute approximate surface area is 107 Å². The van der Waals surface area contributed by atoms with Crippen LogP contribution < -0.4 is 0 Å². The molecule has 5 nitrogen and oxygen atoms in total. The zero-order valence-corrected chi connectivity index (χ0v) is 11.6. The number of hydrogen-bond donors (Lipinski definition) is 1. The number of aromatic carboxylic acids is 1. The summed E-state index contributed by atoms with van der Waals surface area (Å²) >= 11 is 1.85. The second kappa shape index (κ2) is 4.68. The Morgan fingerprint density at radius 1 is 1.38 bits per heavy atom. The lowest BCUT2D eigenvalue weighted by Gasteiger charge is -2.12. The summed E-state index contributed by atoms with van der Waals surface area (Å²) in [5, 5.41) is 8.88. The number of carbonyl (C=O) groups is 1. The molecule has 16 heavy (non-hydrogen) atoms. The van der Waals surface area contributed by atoms with Crippen LogP contribution in [0.1, 0.15) is 10.4 Å². The predicted molar refractivity (Wildman–Crippen MR) is 67.0 cm³/mol. The zero-order chi connectivity index (χ0) is 12.5. The lowest BCUT2D eigenvalue weighted by molar-refractivity contribution is 0.0695. The third kappa shape index (κ3) is 2.53. The fourth-order valence-corrected chi connectivity index (χ4v) is 2.53. The number of carboxylic acids is 1. The highest BCUT2D eigenvalue weighted by molar-refractivity contribution is 14.1. The SMILES string of the molecule is CN(C)S(=O)(=O)c1ccc(I)c(C(=O)O)c1. The molecule has 0 saturated carbocycles. The summed E-state index contributed by atoms with van der Waals surface area (Å²) in [6.45, 7) is 0. The fourth-order valence-electron chi connectivity index (χ4n) is 1.04. The Kier molecular flexibility index (Phi) is 3.92. The van der Waals surface area contributed by atoms with Crippen LogP contribution >= 0.6 is 22.6 Å². The molecule has 0 heterocycles. The van der Waals surface area contributed by atoms with Crippen molar-refractivity contribution in [2.24, 2.45) is 0 Å². The van der Waals surface area contributed by atoms with Gasteiger partial charge in [-0.3, -0.25) is 0 Å². The molecule has 0 aromatic heterocycles. The number of nitrogens with zero attached hydrogens (tertiary/aromatic N) is 1. The molecule has 0 fully saturated rings. The van der Waals surface area contributed by atoms with E-state index in [2.05, 4.69) is 0 Å². The van der Waals surface area contributed by atoms with Crippen molar-refractivity contribution >= 4 is 38.6 Å². The number of benzene rings is 1. The van der Waals surface area contributed by atoms with Gasteiger partial charge in [-0.15, -0.1) is 0 Å². The largest absolute Gasteiger partial charge is 0.478 e. The van der Waals surface area contributed by atoms with Crippen LogP contribution in [0.4, 0.5) is 0 Å². The van der Waals surface area contributed by atoms with Gasteiger partial charge in [-0.05, 0) is 40.8 Å². The van der Waals surface area contributed by atoms with E-state index in [9.17, 15) is 13.2 Å². The molecule has 0 aliphatic rings. The maximum atomic E-state index is 11.7. The molecule has 1 aromatic rings. The topological polar surface area (TPSA) is 74.7 Å². The second-order valence-electron chi connectivity index (χ2n) is 3.23. The first-order valence-electron chi connectivity index (χ1n) is 4.22. The number of carboxylic acid groups (broad SMARTS) is 1. The minimum Gasteiger partial charge on any atom is -0.478 e. The number of halogens is 1. The van der Waals surface area contributed by atoms with E-state index in [0.29, 0.717) is 3.57 Å². The summed E-state index contributed by atoms with van der Waals surface area (Å²) in [4.78, 5) is 10.8. The average Bonchev–Trinajstić information content (AvgIpc) is 2.17. The highest BCUT2D eigenvalue weighted by Gasteiger charge is 2.20. The quantitative estimate of drug-likeness (QED) is 0.828. The first-order valence-corrected chi connectivity index (χ1v) is 6.74. The molecule has 0 radical (unpaired) electrons. The van der Waals surface area contributed by atoms with Crippen LogP contribution in [-0.2, 0) is 10.0 Å². The summed E-state index contributed by atoms with van der Waals surface area (Å²) < 4.78 is 25.0. The first-order chi connectivity index (χ1) is 7.26. The first kappa shape index (κ1) is 13.4. The van der Waals surface area contributed by atoms with Crippen molar-refractivity contribution in [1.82, 2.24) is 4.31 Å². The summed E-state index contributed by atoms with van der Waals surface area (Å²) in [5.41, 5.74) is -0.0106. The number of rotatable bonds is 3. The predicted octanol–water partition coefficient (Wildman–Crippen LogP) is 1.24. The molecule has 1 N–H and O–H groups in total. The number of hydrogen-bond acceptors (Lipinski definition) is 3. The molecule has 1 aromatic carbocycles. The van der Waals surface area contributed by atoms with Crippen LogP contribution in [0.15, 0.2) is 23.1 Å². The molecule has 0 saturated heterocycles. The molecule has 0 amide bonds. The molecular weight excluding hydrogens is 345 g/mol. The van der Waals surface area contributed by atoms with Crippen LogP contribution in [0.2, 0.25) is 0 Å². The van der Waals surface area contributed by atoms with Crippen LogP contribution in [-0.4, -0.2) is 37.9 Å². The smallest absolute Gasteiger partial charge is 0.336 e. The van der Waals surface area contributed by atoms with Crippen molar-refractivity contribution in [3.05, 3.63) is 27.3 Å². The highest BCUT2D eigenvalue weighted by Crippen LogP contribution is 2.19. The van der Waals surface area contributed by atoms with Crippen molar-refractivity contribution in [3.63, 3.8) is 0 Å². The summed E-state index contributed by atoms with van der Waals surface area (Å²) in [6, 6.07) is 4.03. The maximum Gasteiger partial charge on any atom is 0.336 e. The second-order valence-corrected chi connectivity index (χ2v) is 6.55. The van der Waals surface area contributed by atoms with Gasteiger partial charge in [-0.2, -0.15) is 0 Å². The lowest BCUT2D eigenvalue weighted by Crippen LogP contribution is -2.22. The lowest BCUT2D eigenvalue weighted by atomic mass is 10.2. The van der Waals surface area contributed by atoms with Crippen molar-refractivity contribution in [3.8, 4) is 0 Å². The van der Waals surface area contributed by atoms with Gasteiger partial charge in [0.15, 0.2) is 0 Å². The number of sulfonamides is 1. The van der Waals surface area contributed by atoms with E-state index in [1.165, 1.54) is 32.3 Å². The van der Waals surface area contributed by atoms with E-state index in [1.54, 1.807) is 0 Å². The molecule has 0 unspecified atom stereocenters. The molecule has 0 bridgehead atoms. The minimum atomic E-state index is -3.58. The molecule has 0 atom stereocenters. The Hall–Kier alpha value is -0.670. The Balaban J connectivity index is 3.40. The van der Waals surface area contributed by atoms with E-state index in [-0.39, 0.29) is 10.5 Å². The standard InChI is InChI=1S/C9H10INO4S/c1-11(2)16(14,15)6-3-4-8(10)7(5-6)9(12)13/h3-5H,1-2H3,(H,12,13). The summed E-state index contributed by atoms with van der Waals surface area (Å²) in [5.74, 6) is -1.14. The van der Waals surface area contributed by atoms with Crippen LogP contribution in [0, 0.1) is 3.57 Å². The monoisotopic (exact) mass is 355 g/mol. The van der Waals surface area contributed by atoms with Gasteiger partial charge in [0.1, 0.15) is 0 Å². The van der Waals surface area contributed by atoms with E-state index in [4.69, 9.17) is 5.11 Å². The molecule has 0 spiro atoms. The Bertz CT molecular complexity index is 524. The van der Waals surface area contributed by atoms with Gasteiger partial charge < -0.3 is 5.11 Å². The normalized spacial score (nSPS) is 11.8. The maximum absolute atomic E-state index is 11.7. The minimum absolute atomic E-state index is 0.0106. The van der Waals surface area contributed by atoms with Gasteiger partial charge in [0.05, 0.1) is 10.5 Å². The van der Waals surface area contributed by atoms with Crippen LogP contribution in [0.5, 0.6) is 0 Å². The van der Waals surface area contributed by atoms with Crippen molar-refractivity contribution in [2.45, 2.75) is 4.90 Å². The van der Waals surface area contributed by atoms with E-state index in [0.717, 1.165) is 4.31 Å². The van der Waals surface area contributed by atoms with E-state index in [1.807, 2.05) is 22.6 Å².